The van der Waals surface area contributed by atoms with Gasteiger partial charge in [-0.2, -0.15) is 4.98 Å². The summed E-state index contributed by atoms with van der Waals surface area (Å²) in [7, 11) is 0. The van der Waals surface area contributed by atoms with E-state index in [1.54, 1.807) is 12.3 Å². The molecule has 1 aromatic rings. The average Bonchev–Trinajstić information content (AvgIpc) is 2.27. The summed E-state index contributed by atoms with van der Waals surface area (Å²) in [6.45, 7) is 7.20. The van der Waals surface area contributed by atoms with Gasteiger partial charge in [0, 0.05) is 18.8 Å². The topological polar surface area (TPSA) is 47.0 Å². The van der Waals surface area contributed by atoms with Crippen LogP contribution in [0.5, 0.6) is 5.88 Å². The van der Waals surface area contributed by atoms with Crippen molar-refractivity contribution in [2.24, 2.45) is 0 Å². The Labute approximate surface area is 97.5 Å². The lowest BCUT2D eigenvalue weighted by Gasteiger charge is -2.13. The first kappa shape index (κ1) is 12.7. The maximum Gasteiger partial charge on any atom is 0.225 e. The van der Waals surface area contributed by atoms with E-state index in [-0.39, 0.29) is 6.10 Å². The second kappa shape index (κ2) is 7.04. The molecular formula is C12H21N3O. The zero-order valence-electron chi connectivity index (χ0n) is 10.4. The van der Waals surface area contributed by atoms with Gasteiger partial charge in [0.15, 0.2) is 0 Å². The fraction of sp³-hybridized carbons (Fsp3) is 0.667. The number of aromatic nitrogens is 2. The first-order valence-electron chi connectivity index (χ1n) is 5.99. The Bertz CT molecular complexity index is 304. The highest BCUT2D eigenvalue weighted by Gasteiger charge is 2.04. The SMILES string of the molecule is CCCNc1nccc(OC(C)CCC)n1. The molecule has 0 aliphatic heterocycles. The van der Waals surface area contributed by atoms with Gasteiger partial charge in [0.05, 0.1) is 6.10 Å². The van der Waals surface area contributed by atoms with Crippen molar-refractivity contribution in [3.05, 3.63) is 12.3 Å². The van der Waals surface area contributed by atoms with Gasteiger partial charge in [0.25, 0.3) is 0 Å². The summed E-state index contributed by atoms with van der Waals surface area (Å²) in [6.07, 6.45) is 5.15. The monoisotopic (exact) mass is 223 g/mol. The summed E-state index contributed by atoms with van der Waals surface area (Å²) in [6, 6.07) is 1.79. The molecule has 0 bridgehead atoms. The molecule has 4 heteroatoms. The van der Waals surface area contributed by atoms with Crippen LogP contribution in [0.3, 0.4) is 0 Å². The van der Waals surface area contributed by atoms with Crippen LogP contribution in [0.1, 0.15) is 40.0 Å². The minimum Gasteiger partial charge on any atom is -0.475 e. The van der Waals surface area contributed by atoms with Crippen molar-refractivity contribution in [2.45, 2.75) is 46.1 Å². The summed E-state index contributed by atoms with van der Waals surface area (Å²) < 4.78 is 5.68. The van der Waals surface area contributed by atoms with Crippen LogP contribution in [0.15, 0.2) is 12.3 Å². The van der Waals surface area contributed by atoms with Crippen LogP contribution in [0.4, 0.5) is 5.95 Å². The molecule has 0 spiro atoms. The minimum absolute atomic E-state index is 0.207. The number of nitrogens with zero attached hydrogens (tertiary/aromatic N) is 2. The van der Waals surface area contributed by atoms with E-state index < -0.39 is 0 Å². The molecule has 0 saturated heterocycles. The molecule has 16 heavy (non-hydrogen) atoms. The lowest BCUT2D eigenvalue weighted by atomic mass is 10.2. The third kappa shape index (κ3) is 4.47. The fourth-order valence-corrected chi connectivity index (χ4v) is 1.40. The smallest absolute Gasteiger partial charge is 0.225 e. The van der Waals surface area contributed by atoms with Crippen LogP contribution in [0.2, 0.25) is 0 Å². The number of ether oxygens (including phenoxy) is 1. The number of hydrogen-bond donors (Lipinski definition) is 1. The van der Waals surface area contributed by atoms with Gasteiger partial charge in [-0.3, -0.25) is 0 Å². The zero-order chi connectivity index (χ0) is 11.8. The van der Waals surface area contributed by atoms with Gasteiger partial charge in [0.1, 0.15) is 0 Å². The number of hydrogen-bond acceptors (Lipinski definition) is 4. The summed E-state index contributed by atoms with van der Waals surface area (Å²) in [5.74, 6) is 1.29. The highest BCUT2D eigenvalue weighted by atomic mass is 16.5. The molecule has 0 radical (unpaired) electrons. The van der Waals surface area contributed by atoms with Gasteiger partial charge in [-0.1, -0.05) is 20.3 Å². The van der Waals surface area contributed by atoms with Crippen molar-refractivity contribution < 1.29 is 4.74 Å². The molecule has 1 aromatic heterocycles. The van der Waals surface area contributed by atoms with Gasteiger partial charge in [0.2, 0.25) is 11.8 Å². The molecule has 0 aliphatic rings. The van der Waals surface area contributed by atoms with Crippen LogP contribution >= 0.6 is 0 Å². The predicted octanol–water partition coefficient (Wildman–Crippen LogP) is 2.87. The molecule has 0 aromatic carbocycles. The van der Waals surface area contributed by atoms with Crippen molar-refractivity contribution in [1.82, 2.24) is 9.97 Å². The van der Waals surface area contributed by atoms with Crippen LogP contribution < -0.4 is 10.1 Å². The van der Waals surface area contributed by atoms with Crippen molar-refractivity contribution >= 4 is 5.95 Å². The first-order chi connectivity index (χ1) is 7.76. The fourth-order valence-electron chi connectivity index (χ4n) is 1.40. The Balaban J connectivity index is 2.52. The molecule has 0 fully saturated rings. The van der Waals surface area contributed by atoms with E-state index in [9.17, 15) is 0 Å². The van der Waals surface area contributed by atoms with Crippen LogP contribution in [0.25, 0.3) is 0 Å². The van der Waals surface area contributed by atoms with E-state index >= 15 is 0 Å². The third-order valence-electron chi connectivity index (χ3n) is 2.18. The van der Waals surface area contributed by atoms with E-state index in [0.29, 0.717) is 11.8 Å². The van der Waals surface area contributed by atoms with E-state index in [4.69, 9.17) is 4.74 Å². The molecule has 90 valence electrons. The second-order valence-electron chi connectivity index (χ2n) is 3.86. The van der Waals surface area contributed by atoms with Crippen molar-refractivity contribution in [3.8, 4) is 5.88 Å². The van der Waals surface area contributed by atoms with E-state index in [1.165, 1.54) is 0 Å². The summed E-state index contributed by atoms with van der Waals surface area (Å²) >= 11 is 0. The molecule has 0 saturated carbocycles. The first-order valence-corrected chi connectivity index (χ1v) is 5.99. The quantitative estimate of drug-likeness (QED) is 0.772. The Hall–Kier alpha value is -1.32. The molecular weight excluding hydrogens is 202 g/mol. The van der Waals surface area contributed by atoms with Gasteiger partial charge in [-0.15, -0.1) is 0 Å². The Kier molecular flexibility index (Phi) is 5.61. The normalized spacial score (nSPS) is 12.2. The molecule has 1 heterocycles. The Morgan fingerprint density at radius 3 is 2.88 bits per heavy atom. The number of anilines is 1. The van der Waals surface area contributed by atoms with Crippen molar-refractivity contribution in [3.63, 3.8) is 0 Å². The lowest BCUT2D eigenvalue weighted by molar-refractivity contribution is 0.201. The summed E-state index contributed by atoms with van der Waals surface area (Å²) in [4.78, 5) is 8.42. The number of nitrogens with one attached hydrogen (secondary N) is 1. The summed E-state index contributed by atoms with van der Waals surface area (Å²) in [5, 5.41) is 3.14. The molecule has 0 amide bonds. The summed E-state index contributed by atoms with van der Waals surface area (Å²) in [5.41, 5.74) is 0. The highest BCUT2D eigenvalue weighted by Crippen LogP contribution is 2.12. The second-order valence-corrected chi connectivity index (χ2v) is 3.86. The molecule has 4 nitrogen and oxygen atoms in total. The van der Waals surface area contributed by atoms with Gasteiger partial charge in [-0.25, -0.2) is 4.98 Å². The average molecular weight is 223 g/mol. The van der Waals surface area contributed by atoms with E-state index in [0.717, 1.165) is 25.8 Å². The van der Waals surface area contributed by atoms with Crippen molar-refractivity contribution in [1.29, 1.82) is 0 Å². The van der Waals surface area contributed by atoms with Crippen LogP contribution in [-0.2, 0) is 0 Å². The van der Waals surface area contributed by atoms with Crippen molar-refractivity contribution in [2.75, 3.05) is 11.9 Å². The van der Waals surface area contributed by atoms with Crippen LogP contribution in [0, 0.1) is 0 Å². The molecule has 0 aliphatic carbocycles. The van der Waals surface area contributed by atoms with Gasteiger partial charge >= 0.3 is 0 Å². The highest BCUT2D eigenvalue weighted by molar-refractivity contribution is 5.27. The van der Waals surface area contributed by atoms with Gasteiger partial charge in [-0.05, 0) is 19.8 Å². The lowest BCUT2D eigenvalue weighted by Crippen LogP contribution is -2.13. The molecule has 1 atom stereocenters. The predicted molar refractivity (Wildman–Crippen MR) is 65.8 cm³/mol. The Morgan fingerprint density at radius 1 is 1.38 bits per heavy atom. The Morgan fingerprint density at radius 2 is 2.19 bits per heavy atom. The standard InChI is InChI=1S/C12H21N3O/c1-4-6-10(3)16-11-7-9-14-12(15-11)13-8-5-2/h7,9-10H,4-6,8H2,1-3H3,(H,13,14,15). The molecule has 1 unspecified atom stereocenters. The third-order valence-corrected chi connectivity index (χ3v) is 2.18. The molecule has 1 N–H and O–H groups in total. The minimum atomic E-state index is 0.207. The zero-order valence-corrected chi connectivity index (χ0v) is 10.4. The largest absolute Gasteiger partial charge is 0.475 e. The number of rotatable bonds is 7. The van der Waals surface area contributed by atoms with Crippen LogP contribution in [-0.4, -0.2) is 22.6 Å². The maximum absolute atomic E-state index is 5.68. The van der Waals surface area contributed by atoms with E-state index in [1.807, 2.05) is 0 Å². The van der Waals surface area contributed by atoms with Gasteiger partial charge < -0.3 is 10.1 Å². The molecule has 1 rings (SSSR count). The maximum atomic E-state index is 5.68. The van der Waals surface area contributed by atoms with E-state index in [2.05, 4.69) is 36.1 Å².